The van der Waals surface area contributed by atoms with E-state index in [1.165, 1.54) is 0 Å². The van der Waals surface area contributed by atoms with Gasteiger partial charge in [0, 0.05) is 10.9 Å². The number of rotatable bonds is 2. The molecule has 1 heterocycles. The van der Waals surface area contributed by atoms with E-state index >= 15 is 0 Å². The minimum absolute atomic E-state index is 0.125. The first-order valence-electron chi connectivity index (χ1n) is 5.05. The van der Waals surface area contributed by atoms with E-state index in [9.17, 15) is 4.79 Å². The van der Waals surface area contributed by atoms with Gasteiger partial charge in [-0.3, -0.25) is 4.79 Å². The van der Waals surface area contributed by atoms with Crippen LogP contribution in [0.3, 0.4) is 0 Å². The molecule has 1 aromatic rings. The summed E-state index contributed by atoms with van der Waals surface area (Å²) in [6, 6.07) is 7.74. The van der Waals surface area contributed by atoms with E-state index in [1.807, 2.05) is 31.2 Å². The van der Waals surface area contributed by atoms with Gasteiger partial charge < -0.3 is 5.32 Å². The molecule has 0 spiro atoms. The zero-order valence-corrected chi connectivity index (χ0v) is 10.4. The van der Waals surface area contributed by atoms with Crippen LogP contribution in [0.25, 0.3) is 6.08 Å². The Hall–Kier alpha value is -1.42. The lowest BCUT2D eigenvalue weighted by atomic mass is 10.2. The van der Waals surface area contributed by atoms with Gasteiger partial charge in [0.2, 0.25) is 0 Å². The van der Waals surface area contributed by atoms with Gasteiger partial charge in [-0.05, 0) is 23.8 Å². The molecule has 0 aliphatic carbocycles. The molecule has 1 N–H and O–H groups in total. The monoisotopic (exact) mass is 278 g/mol. The molecule has 1 amide bonds. The first-order valence-corrected chi connectivity index (χ1v) is 5.84. The van der Waals surface area contributed by atoms with Crippen molar-refractivity contribution >= 4 is 33.7 Å². The van der Waals surface area contributed by atoms with E-state index < -0.39 is 0 Å². The van der Waals surface area contributed by atoms with Crippen molar-refractivity contribution in [1.82, 2.24) is 5.32 Å². The standard InChI is InChI=1S/C12H11BrN2O/c1-2-11-14-10(12(16)15-11)7-8-3-5-9(13)6-4-8/h3-7H,2H2,1H3,(H,14,15,16)/b10-7+. The molecule has 1 aliphatic rings. The summed E-state index contributed by atoms with van der Waals surface area (Å²) in [6.07, 6.45) is 2.52. The quantitative estimate of drug-likeness (QED) is 0.831. The number of nitrogens with one attached hydrogen (secondary N) is 1. The molecule has 0 bridgehead atoms. The molecule has 3 nitrogen and oxygen atoms in total. The van der Waals surface area contributed by atoms with Crippen LogP contribution in [-0.2, 0) is 4.79 Å². The van der Waals surface area contributed by atoms with E-state index in [1.54, 1.807) is 6.08 Å². The number of benzene rings is 1. The average molecular weight is 279 g/mol. The highest BCUT2D eigenvalue weighted by Crippen LogP contribution is 2.15. The van der Waals surface area contributed by atoms with Gasteiger partial charge in [0.25, 0.3) is 5.91 Å². The van der Waals surface area contributed by atoms with Crippen LogP contribution in [0.2, 0.25) is 0 Å². The Kier molecular flexibility index (Phi) is 3.19. The van der Waals surface area contributed by atoms with Crippen molar-refractivity contribution in [3.8, 4) is 0 Å². The van der Waals surface area contributed by atoms with E-state index in [0.29, 0.717) is 5.70 Å². The van der Waals surface area contributed by atoms with E-state index in [-0.39, 0.29) is 5.91 Å². The smallest absolute Gasteiger partial charge is 0.275 e. The summed E-state index contributed by atoms with van der Waals surface area (Å²) < 4.78 is 1.02. The van der Waals surface area contributed by atoms with Crippen LogP contribution >= 0.6 is 15.9 Å². The van der Waals surface area contributed by atoms with Crippen LogP contribution in [0.5, 0.6) is 0 Å². The van der Waals surface area contributed by atoms with Crippen LogP contribution in [0.1, 0.15) is 18.9 Å². The predicted octanol–water partition coefficient (Wildman–Crippen LogP) is 2.73. The van der Waals surface area contributed by atoms with E-state index in [0.717, 1.165) is 22.3 Å². The Labute approximate surface area is 102 Å². The molecular weight excluding hydrogens is 268 g/mol. The van der Waals surface area contributed by atoms with Gasteiger partial charge in [0.15, 0.2) is 0 Å². The minimum Gasteiger partial charge on any atom is -0.309 e. The summed E-state index contributed by atoms with van der Waals surface area (Å²) in [5, 5.41) is 2.72. The fourth-order valence-corrected chi connectivity index (χ4v) is 1.67. The van der Waals surface area contributed by atoms with Gasteiger partial charge in [-0.15, -0.1) is 0 Å². The van der Waals surface area contributed by atoms with Crippen LogP contribution in [0.15, 0.2) is 39.4 Å². The molecule has 0 fully saturated rings. The second-order valence-electron chi connectivity index (χ2n) is 3.45. The summed E-state index contributed by atoms with van der Waals surface area (Å²) in [6.45, 7) is 1.96. The van der Waals surface area contributed by atoms with Crippen molar-refractivity contribution in [3.05, 3.63) is 40.0 Å². The molecule has 16 heavy (non-hydrogen) atoms. The molecule has 1 aromatic carbocycles. The molecule has 0 radical (unpaired) electrons. The molecule has 2 rings (SSSR count). The lowest BCUT2D eigenvalue weighted by Crippen LogP contribution is -2.22. The summed E-state index contributed by atoms with van der Waals surface area (Å²) in [7, 11) is 0. The van der Waals surface area contributed by atoms with Crippen LogP contribution < -0.4 is 5.32 Å². The van der Waals surface area contributed by atoms with Crippen molar-refractivity contribution in [1.29, 1.82) is 0 Å². The molecule has 0 aromatic heterocycles. The van der Waals surface area contributed by atoms with Crippen molar-refractivity contribution in [2.75, 3.05) is 0 Å². The molecule has 0 atom stereocenters. The van der Waals surface area contributed by atoms with E-state index in [2.05, 4.69) is 26.2 Å². The lowest BCUT2D eigenvalue weighted by molar-refractivity contribution is -0.115. The third-order valence-corrected chi connectivity index (χ3v) is 2.78. The molecular formula is C12H11BrN2O. The first-order chi connectivity index (χ1) is 7.69. The topological polar surface area (TPSA) is 41.5 Å². The van der Waals surface area contributed by atoms with Crippen molar-refractivity contribution < 1.29 is 4.79 Å². The SMILES string of the molecule is CCC1=N/C(=C/c2ccc(Br)cc2)C(=O)N1. The maximum Gasteiger partial charge on any atom is 0.275 e. The summed E-state index contributed by atoms with van der Waals surface area (Å²) in [5.41, 5.74) is 1.44. The first kappa shape index (κ1) is 11.1. The van der Waals surface area contributed by atoms with Gasteiger partial charge in [-0.25, -0.2) is 4.99 Å². The van der Waals surface area contributed by atoms with E-state index in [4.69, 9.17) is 0 Å². The number of carbonyl (C=O) groups is 1. The highest BCUT2D eigenvalue weighted by molar-refractivity contribution is 9.10. The summed E-state index contributed by atoms with van der Waals surface area (Å²) >= 11 is 3.36. The van der Waals surface area contributed by atoms with Crippen LogP contribution in [0, 0.1) is 0 Å². The maximum atomic E-state index is 11.5. The highest BCUT2D eigenvalue weighted by atomic mass is 79.9. The second-order valence-corrected chi connectivity index (χ2v) is 4.36. The number of halogens is 1. The number of amides is 1. The Balaban J connectivity index is 2.28. The Morgan fingerprint density at radius 2 is 2.06 bits per heavy atom. The molecule has 82 valence electrons. The number of hydrogen-bond donors (Lipinski definition) is 1. The summed E-state index contributed by atoms with van der Waals surface area (Å²) in [5.74, 6) is 0.605. The minimum atomic E-state index is -0.125. The Morgan fingerprint density at radius 1 is 1.38 bits per heavy atom. The predicted molar refractivity (Wildman–Crippen MR) is 68.0 cm³/mol. The number of hydrogen-bond acceptors (Lipinski definition) is 2. The van der Waals surface area contributed by atoms with Gasteiger partial charge >= 0.3 is 0 Å². The molecule has 0 saturated carbocycles. The van der Waals surface area contributed by atoms with Gasteiger partial charge in [0.1, 0.15) is 11.5 Å². The number of nitrogens with zero attached hydrogens (tertiary/aromatic N) is 1. The molecule has 0 saturated heterocycles. The fourth-order valence-electron chi connectivity index (χ4n) is 1.40. The van der Waals surface area contributed by atoms with Crippen LogP contribution in [-0.4, -0.2) is 11.7 Å². The summed E-state index contributed by atoms with van der Waals surface area (Å²) in [4.78, 5) is 15.7. The van der Waals surface area contributed by atoms with Gasteiger partial charge in [0.05, 0.1) is 0 Å². The second kappa shape index (κ2) is 4.61. The third kappa shape index (κ3) is 2.39. The lowest BCUT2D eigenvalue weighted by Gasteiger charge is -1.95. The molecule has 4 heteroatoms. The highest BCUT2D eigenvalue weighted by Gasteiger charge is 2.17. The third-order valence-electron chi connectivity index (χ3n) is 2.25. The van der Waals surface area contributed by atoms with Gasteiger partial charge in [-0.1, -0.05) is 35.0 Å². The normalized spacial score (nSPS) is 17.5. The van der Waals surface area contributed by atoms with Crippen LogP contribution in [0.4, 0.5) is 0 Å². The maximum absolute atomic E-state index is 11.5. The Bertz CT molecular complexity index is 474. The van der Waals surface area contributed by atoms with Crippen molar-refractivity contribution in [3.63, 3.8) is 0 Å². The van der Waals surface area contributed by atoms with Crippen molar-refractivity contribution in [2.24, 2.45) is 4.99 Å². The number of carbonyl (C=O) groups excluding carboxylic acids is 1. The number of aliphatic imine (C=N–C) groups is 1. The van der Waals surface area contributed by atoms with Crippen molar-refractivity contribution in [2.45, 2.75) is 13.3 Å². The largest absolute Gasteiger partial charge is 0.309 e. The average Bonchev–Trinajstić information content (AvgIpc) is 2.63. The molecule has 0 unspecified atom stereocenters. The zero-order chi connectivity index (χ0) is 11.5. The zero-order valence-electron chi connectivity index (χ0n) is 8.83. The fraction of sp³-hybridized carbons (Fsp3) is 0.167. The Morgan fingerprint density at radius 3 is 2.62 bits per heavy atom. The van der Waals surface area contributed by atoms with Gasteiger partial charge in [-0.2, -0.15) is 0 Å². The molecule has 1 aliphatic heterocycles. The number of amidine groups is 1.